The van der Waals surface area contributed by atoms with Crippen molar-refractivity contribution in [3.05, 3.63) is 35.9 Å². The zero-order valence-electron chi connectivity index (χ0n) is 7.97. The largest absolute Gasteiger partial charge is 0.285 e. The van der Waals surface area contributed by atoms with Gasteiger partial charge in [-0.3, -0.25) is 4.55 Å². The van der Waals surface area contributed by atoms with Gasteiger partial charge in [-0.1, -0.05) is 37.6 Å². The summed E-state index contributed by atoms with van der Waals surface area (Å²) in [5.41, 5.74) is 0.619. The Morgan fingerprint density at radius 3 is 2.43 bits per heavy atom. The summed E-state index contributed by atoms with van der Waals surface area (Å²) in [6, 6.07) is 9.41. The molecule has 4 heteroatoms. The van der Waals surface area contributed by atoms with Gasteiger partial charge in [0.2, 0.25) is 0 Å². The number of benzene rings is 1. The first-order valence-corrected chi connectivity index (χ1v) is 5.98. The Hall–Kier alpha value is -0.870. The Labute approximate surface area is 84.5 Å². The third-order valence-electron chi connectivity index (χ3n) is 2.03. The van der Waals surface area contributed by atoms with Gasteiger partial charge in [0.25, 0.3) is 10.1 Å². The Morgan fingerprint density at radius 2 is 2.00 bits per heavy atom. The SMILES string of the molecule is CCCC(c1cc[c]cc1)S(=O)(=O)O. The number of hydrogen-bond donors (Lipinski definition) is 1. The van der Waals surface area contributed by atoms with Gasteiger partial charge in [0.15, 0.2) is 0 Å². The van der Waals surface area contributed by atoms with Gasteiger partial charge >= 0.3 is 0 Å². The minimum atomic E-state index is -3.99. The molecule has 0 aliphatic rings. The topological polar surface area (TPSA) is 54.4 Å². The van der Waals surface area contributed by atoms with Crippen molar-refractivity contribution in [1.29, 1.82) is 0 Å². The van der Waals surface area contributed by atoms with E-state index >= 15 is 0 Å². The van der Waals surface area contributed by atoms with Crippen LogP contribution in [-0.2, 0) is 10.1 Å². The average Bonchev–Trinajstić information content (AvgIpc) is 2.14. The van der Waals surface area contributed by atoms with E-state index < -0.39 is 15.4 Å². The first-order valence-electron chi connectivity index (χ1n) is 4.48. The Morgan fingerprint density at radius 1 is 1.43 bits per heavy atom. The van der Waals surface area contributed by atoms with Gasteiger partial charge in [0.05, 0.1) is 0 Å². The maximum atomic E-state index is 11.1. The summed E-state index contributed by atoms with van der Waals surface area (Å²) >= 11 is 0. The highest BCUT2D eigenvalue weighted by molar-refractivity contribution is 7.86. The van der Waals surface area contributed by atoms with Crippen LogP contribution in [0.5, 0.6) is 0 Å². The standard InChI is InChI=1S/C10H13O3S/c1-2-6-10(14(11,12)13)9-7-4-3-5-8-9/h4-5,7-8,10H,2,6H2,1H3,(H,11,12,13). The molecule has 0 heterocycles. The first kappa shape index (κ1) is 11.2. The monoisotopic (exact) mass is 213 g/mol. The zero-order chi connectivity index (χ0) is 10.6. The van der Waals surface area contributed by atoms with Crippen LogP contribution in [-0.4, -0.2) is 13.0 Å². The summed E-state index contributed by atoms with van der Waals surface area (Å²) in [7, 11) is -3.99. The van der Waals surface area contributed by atoms with E-state index in [2.05, 4.69) is 6.07 Å². The molecule has 1 N–H and O–H groups in total. The van der Waals surface area contributed by atoms with Crippen LogP contribution < -0.4 is 0 Å². The van der Waals surface area contributed by atoms with Crippen LogP contribution in [0.3, 0.4) is 0 Å². The van der Waals surface area contributed by atoms with Crippen molar-refractivity contribution in [3.8, 4) is 0 Å². The summed E-state index contributed by atoms with van der Waals surface area (Å²) in [5, 5.41) is -0.804. The smallest absolute Gasteiger partial charge is 0.271 e. The average molecular weight is 213 g/mol. The summed E-state index contributed by atoms with van der Waals surface area (Å²) in [4.78, 5) is 0. The molecule has 1 radical (unpaired) electrons. The lowest BCUT2D eigenvalue weighted by Gasteiger charge is -2.12. The van der Waals surface area contributed by atoms with Gasteiger partial charge in [0.1, 0.15) is 5.25 Å². The minimum Gasteiger partial charge on any atom is -0.285 e. The highest BCUT2D eigenvalue weighted by Crippen LogP contribution is 2.25. The van der Waals surface area contributed by atoms with E-state index in [-0.39, 0.29) is 0 Å². The van der Waals surface area contributed by atoms with Crippen LogP contribution in [0.15, 0.2) is 24.3 Å². The van der Waals surface area contributed by atoms with Crippen LogP contribution in [0.25, 0.3) is 0 Å². The van der Waals surface area contributed by atoms with E-state index in [4.69, 9.17) is 4.55 Å². The van der Waals surface area contributed by atoms with Crippen molar-refractivity contribution in [3.63, 3.8) is 0 Å². The molecule has 3 nitrogen and oxygen atoms in total. The molecule has 14 heavy (non-hydrogen) atoms. The van der Waals surface area contributed by atoms with Crippen molar-refractivity contribution >= 4 is 10.1 Å². The lowest BCUT2D eigenvalue weighted by atomic mass is 10.1. The molecule has 0 bridgehead atoms. The molecule has 0 aliphatic heterocycles. The molecule has 0 aliphatic carbocycles. The van der Waals surface area contributed by atoms with E-state index in [9.17, 15) is 8.42 Å². The summed E-state index contributed by atoms with van der Waals surface area (Å²) < 4.78 is 31.2. The van der Waals surface area contributed by atoms with Gasteiger partial charge in [-0.15, -0.1) is 0 Å². The predicted molar refractivity (Wildman–Crippen MR) is 54.5 cm³/mol. The fourth-order valence-corrected chi connectivity index (χ4v) is 2.40. The van der Waals surface area contributed by atoms with Crippen molar-refractivity contribution in [2.45, 2.75) is 25.0 Å². The van der Waals surface area contributed by atoms with Crippen LogP contribution in [0.4, 0.5) is 0 Å². The highest BCUT2D eigenvalue weighted by atomic mass is 32.2. The lowest BCUT2D eigenvalue weighted by Crippen LogP contribution is -2.11. The van der Waals surface area contributed by atoms with E-state index in [1.54, 1.807) is 24.3 Å². The van der Waals surface area contributed by atoms with Gasteiger partial charge in [-0.25, -0.2) is 0 Å². The lowest BCUT2D eigenvalue weighted by molar-refractivity contribution is 0.463. The molecule has 1 atom stereocenters. The van der Waals surface area contributed by atoms with Gasteiger partial charge in [0, 0.05) is 0 Å². The fourth-order valence-electron chi connectivity index (χ4n) is 1.36. The summed E-state index contributed by atoms with van der Waals surface area (Å²) in [5.74, 6) is 0. The molecule has 0 spiro atoms. The third kappa shape index (κ3) is 2.82. The van der Waals surface area contributed by atoms with Crippen molar-refractivity contribution < 1.29 is 13.0 Å². The van der Waals surface area contributed by atoms with E-state index in [0.717, 1.165) is 0 Å². The molecular weight excluding hydrogens is 200 g/mol. The van der Waals surface area contributed by atoms with Crippen LogP contribution >= 0.6 is 0 Å². The predicted octanol–water partition coefficient (Wildman–Crippen LogP) is 2.22. The highest BCUT2D eigenvalue weighted by Gasteiger charge is 2.23. The van der Waals surface area contributed by atoms with E-state index in [1.807, 2.05) is 6.92 Å². The van der Waals surface area contributed by atoms with Crippen molar-refractivity contribution in [1.82, 2.24) is 0 Å². The van der Waals surface area contributed by atoms with Crippen LogP contribution in [0, 0.1) is 6.07 Å². The molecule has 0 amide bonds. The molecular formula is C10H13O3S. The zero-order valence-corrected chi connectivity index (χ0v) is 8.79. The molecule has 1 unspecified atom stereocenters. The van der Waals surface area contributed by atoms with Gasteiger partial charge in [-0.05, 0) is 18.1 Å². The molecule has 1 aromatic carbocycles. The first-order chi connectivity index (χ1) is 6.55. The van der Waals surface area contributed by atoms with Crippen LogP contribution in [0.2, 0.25) is 0 Å². The maximum Gasteiger partial charge on any atom is 0.271 e. The summed E-state index contributed by atoms with van der Waals surface area (Å²) in [6.07, 6.45) is 1.14. The second-order valence-corrected chi connectivity index (χ2v) is 4.72. The molecule has 77 valence electrons. The maximum absolute atomic E-state index is 11.1. The van der Waals surface area contributed by atoms with Crippen molar-refractivity contribution in [2.75, 3.05) is 0 Å². The second kappa shape index (κ2) is 4.57. The number of rotatable bonds is 4. The Balaban J connectivity index is 3.02. The van der Waals surface area contributed by atoms with Crippen LogP contribution in [0.1, 0.15) is 30.6 Å². The quantitative estimate of drug-likeness (QED) is 0.780. The normalized spacial score (nSPS) is 13.9. The van der Waals surface area contributed by atoms with E-state index in [1.165, 1.54) is 0 Å². The molecule has 0 aromatic heterocycles. The van der Waals surface area contributed by atoms with Gasteiger partial charge in [-0.2, -0.15) is 8.42 Å². The van der Waals surface area contributed by atoms with Crippen molar-refractivity contribution in [2.24, 2.45) is 0 Å². The Kier molecular flexibility index (Phi) is 3.66. The minimum absolute atomic E-state index is 0.433. The molecule has 0 saturated carbocycles. The van der Waals surface area contributed by atoms with E-state index in [0.29, 0.717) is 18.4 Å². The molecule has 0 saturated heterocycles. The molecule has 1 aromatic rings. The molecule has 1 rings (SSSR count). The Bertz CT molecular complexity index is 370. The summed E-state index contributed by atoms with van der Waals surface area (Å²) in [6.45, 7) is 1.88. The number of hydrogen-bond acceptors (Lipinski definition) is 2. The second-order valence-electron chi connectivity index (χ2n) is 3.13. The molecule has 0 fully saturated rings. The fraction of sp³-hybridized carbons (Fsp3) is 0.400. The third-order valence-corrected chi connectivity index (χ3v) is 3.25. The van der Waals surface area contributed by atoms with Gasteiger partial charge < -0.3 is 0 Å².